The van der Waals surface area contributed by atoms with Crippen LogP contribution in [0, 0.1) is 0 Å². The average molecular weight is 337 g/mol. The van der Waals surface area contributed by atoms with Crippen LogP contribution in [0.3, 0.4) is 0 Å². The van der Waals surface area contributed by atoms with Crippen molar-refractivity contribution in [3.05, 3.63) is 53.9 Å². The molecule has 0 fully saturated rings. The molecule has 0 N–H and O–H groups in total. The van der Waals surface area contributed by atoms with Gasteiger partial charge in [-0.3, -0.25) is 4.57 Å². The van der Waals surface area contributed by atoms with Gasteiger partial charge in [-0.25, -0.2) is 4.98 Å². The second-order valence-corrected chi connectivity index (χ2v) is 4.77. The number of carboxylic acid groups (broad SMARTS) is 1. The van der Waals surface area contributed by atoms with Crippen molar-refractivity contribution < 1.29 is 27.6 Å². The molecule has 0 bridgehead atoms. The zero-order chi connectivity index (χ0) is 17.3. The van der Waals surface area contributed by atoms with E-state index in [-0.39, 0.29) is 18.1 Å². The van der Waals surface area contributed by atoms with E-state index < -0.39 is 18.2 Å². The standard InChI is InChI=1S/C14H9F3N4O3/c15-14(16,17)12-19-11(20-24-12)9-3-1-8(2-4-9)7-10-18-5-6-21(10)13(22)23/h1-6H,7H2,(H,22,23)/p-1. The van der Waals surface area contributed by atoms with E-state index in [2.05, 4.69) is 19.6 Å². The predicted octanol–water partition coefficient (Wildman–Crippen LogP) is 1.73. The minimum absolute atomic E-state index is 0.190. The average Bonchev–Trinajstić information content (AvgIpc) is 3.16. The SMILES string of the molecule is O=C([O-])n1ccnc1Cc1ccc(-c2noc(C(F)(F)F)n2)cc1. The van der Waals surface area contributed by atoms with Gasteiger partial charge in [0.05, 0.1) is 0 Å². The Morgan fingerprint density at radius 1 is 1.25 bits per heavy atom. The number of aromatic nitrogens is 4. The van der Waals surface area contributed by atoms with Crippen molar-refractivity contribution in [2.75, 3.05) is 0 Å². The Labute approximate surface area is 132 Å². The van der Waals surface area contributed by atoms with Gasteiger partial charge in [-0.15, -0.1) is 0 Å². The number of hydrogen-bond donors (Lipinski definition) is 0. The maximum absolute atomic E-state index is 12.4. The van der Waals surface area contributed by atoms with Crippen LogP contribution >= 0.6 is 0 Å². The molecule has 2 aromatic heterocycles. The fraction of sp³-hybridized carbons (Fsp3) is 0.143. The summed E-state index contributed by atoms with van der Waals surface area (Å²) in [6.45, 7) is 0. The third-order valence-corrected chi connectivity index (χ3v) is 3.16. The molecule has 0 unspecified atom stereocenters. The second kappa shape index (κ2) is 5.80. The van der Waals surface area contributed by atoms with Gasteiger partial charge in [0.2, 0.25) is 5.82 Å². The Morgan fingerprint density at radius 2 is 1.96 bits per heavy atom. The van der Waals surface area contributed by atoms with Gasteiger partial charge < -0.3 is 14.4 Å². The quantitative estimate of drug-likeness (QED) is 0.722. The van der Waals surface area contributed by atoms with Crippen LogP contribution in [0.15, 0.2) is 41.2 Å². The van der Waals surface area contributed by atoms with Crippen molar-refractivity contribution in [3.8, 4) is 11.4 Å². The molecule has 2 heterocycles. The summed E-state index contributed by atoms with van der Waals surface area (Å²) in [6.07, 6.45) is -3.30. The first kappa shape index (κ1) is 15.7. The molecule has 0 atom stereocenters. The molecule has 0 aliphatic carbocycles. The summed E-state index contributed by atoms with van der Waals surface area (Å²) < 4.78 is 42.4. The smallest absolute Gasteiger partial charge is 0.471 e. The maximum atomic E-state index is 12.4. The van der Waals surface area contributed by atoms with E-state index >= 15 is 0 Å². The largest absolute Gasteiger partial charge is 0.529 e. The molecule has 0 radical (unpaired) electrons. The second-order valence-electron chi connectivity index (χ2n) is 4.77. The van der Waals surface area contributed by atoms with Gasteiger partial charge in [0, 0.05) is 24.4 Å². The first-order valence-corrected chi connectivity index (χ1v) is 6.58. The van der Waals surface area contributed by atoms with Gasteiger partial charge in [0.25, 0.3) is 0 Å². The Kier molecular flexibility index (Phi) is 3.80. The lowest BCUT2D eigenvalue weighted by atomic mass is 10.1. The molecule has 0 aliphatic rings. The number of benzene rings is 1. The van der Waals surface area contributed by atoms with Gasteiger partial charge in [0.1, 0.15) is 11.9 Å². The van der Waals surface area contributed by atoms with Crippen LogP contribution in [0.4, 0.5) is 18.0 Å². The van der Waals surface area contributed by atoms with E-state index in [0.717, 1.165) is 4.57 Å². The lowest BCUT2D eigenvalue weighted by Crippen LogP contribution is -2.29. The summed E-state index contributed by atoms with van der Waals surface area (Å²) in [5, 5.41) is 14.2. The van der Waals surface area contributed by atoms with Crippen LogP contribution in [-0.2, 0) is 12.6 Å². The lowest BCUT2D eigenvalue weighted by Gasteiger charge is -2.08. The van der Waals surface area contributed by atoms with Crippen LogP contribution in [0.25, 0.3) is 11.4 Å². The molecular formula is C14H8F3N4O3-. The molecule has 0 saturated carbocycles. The highest BCUT2D eigenvalue weighted by molar-refractivity contribution is 5.66. The van der Waals surface area contributed by atoms with Gasteiger partial charge in [0.15, 0.2) is 0 Å². The molecule has 124 valence electrons. The zero-order valence-electron chi connectivity index (χ0n) is 11.8. The van der Waals surface area contributed by atoms with Crippen LogP contribution in [0.2, 0.25) is 0 Å². The Balaban J connectivity index is 1.79. The van der Waals surface area contributed by atoms with Gasteiger partial charge in [-0.1, -0.05) is 29.4 Å². The van der Waals surface area contributed by atoms with E-state index in [1.54, 1.807) is 12.1 Å². The predicted molar refractivity (Wildman–Crippen MR) is 70.6 cm³/mol. The van der Waals surface area contributed by atoms with E-state index in [9.17, 15) is 23.1 Å². The Bertz CT molecular complexity index is 868. The van der Waals surface area contributed by atoms with Crippen LogP contribution in [0.1, 0.15) is 17.3 Å². The summed E-state index contributed by atoms with van der Waals surface area (Å²) in [6, 6.07) is 6.22. The van der Waals surface area contributed by atoms with Crippen molar-refractivity contribution in [3.63, 3.8) is 0 Å². The number of alkyl halides is 3. The monoisotopic (exact) mass is 337 g/mol. The molecule has 1 aromatic carbocycles. The van der Waals surface area contributed by atoms with Crippen molar-refractivity contribution in [2.45, 2.75) is 12.6 Å². The van der Waals surface area contributed by atoms with Crippen molar-refractivity contribution in [1.82, 2.24) is 19.7 Å². The fourth-order valence-corrected chi connectivity index (χ4v) is 2.04. The summed E-state index contributed by atoms with van der Waals surface area (Å²) in [7, 11) is 0. The minimum Gasteiger partial charge on any atom is -0.529 e. The van der Waals surface area contributed by atoms with Crippen molar-refractivity contribution in [2.24, 2.45) is 0 Å². The van der Waals surface area contributed by atoms with E-state index in [4.69, 9.17) is 0 Å². The molecule has 10 heteroatoms. The van der Waals surface area contributed by atoms with Crippen LogP contribution in [0.5, 0.6) is 0 Å². The topological polar surface area (TPSA) is 96.9 Å². The zero-order valence-corrected chi connectivity index (χ0v) is 11.8. The third kappa shape index (κ3) is 3.12. The lowest BCUT2D eigenvalue weighted by molar-refractivity contribution is -0.250. The number of carbonyl (C=O) groups is 1. The van der Waals surface area contributed by atoms with E-state index in [1.165, 1.54) is 24.5 Å². The third-order valence-electron chi connectivity index (χ3n) is 3.16. The molecule has 0 saturated heterocycles. The molecule has 3 rings (SSSR count). The molecule has 7 nitrogen and oxygen atoms in total. The number of halogens is 3. The minimum atomic E-state index is -4.70. The Morgan fingerprint density at radius 3 is 2.54 bits per heavy atom. The number of rotatable bonds is 3. The first-order chi connectivity index (χ1) is 11.3. The molecule has 0 spiro atoms. The highest BCUT2D eigenvalue weighted by Crippen LogP contribution is 2.29. The highest BCUT2D eigenvalue weighted by Gasteiger charge is 2.38. The van der Waals surface area contributed by atoms with Gasteiger partial charge in [-0.05, 0) is 5.56 Å². The number of nitrogens with zero attached hydrogens (tertiary/aromatic N) is 4. The molecule has 24 heavy (non-hydrogen) atoms. The molecule has 0 aliphatic heterocycles. The summed E-state index contributed by atoms with van der Waals surface area (Å²) >= 11 is 0. The fourth-order valence-electron chi connectivity index (χ4n) is 2.04. The van der Waals surface area contributed by atoms with Gasteiger partial charge >= 0.3 is 12.1 Å². The van der Waals surface area contributed by atoms with Crippen LogP contribution < -0.4 is 5.11 Å². The summed E-state index contributed by atoms with van der Waals surface area (Å²) in [5.74, 6) is -1.34. The number of hydrogen-bond acceptors (Lipinski definition) is 6. The van der Waals surface area contributed by atoms with Crippen molar-refractivity contribution >= 4 is 6.09 Å². The summed E-state index contributed by atoms with van der Waals surface area (Å²) in [4.78, 5) is 18.1. The Hall–Kier alpha value is -3.17. The first-order valence-electron chi connectivity index (χ1n) is 6.58. The normalized spacial score (nSPS) is 11.6. The van der Waals surface area contributed by atoms with Crippen molar-refractivity contribution in [1.29, 1.82) is 0 Å². The molecule has 0 amide bonds. The number of imidazole rings is 1. The maximum Gasteiger partial charge on any atom is 0.471 e. The van der Waals surface area contributed by atoms with E-state index in [1.807, 2.05) is 0 Å². The van der Waals surface area contributed by atoms with Gasteiger partial charge in [-0.2, -0.15) is 18.2 Å². The highest BCUT2D eigenvalue weighted by atomic mass is 19.4. The van der Waals surface area contributed by atoms with Crippen LogP contribution in [-0.4, -0.2) is 25.8 Å². The molecule has 3 aromatic rings. The number of carbonyl (C=O) groups excluding carboxylic acids is 1. The molecular weight excluding hydrogens is 329 g/mol. The van der Waals surface area contributed by atoms with E-state index in [0.29, 0.717) is 11.1 Å². The summed E-state index contributed by atoms with van der Waals surface area (Å²) in [5.41, 5.74) is 1.04.